The Bertz CT molecular complexity index is 1160. The highest BCUT2D eigenvalue weighted by atomic mass is 16.5. The number of benzene rings is 1. The molecule has 6 heteroatoms. The zero-order chi connectivity index (χ0) is 20.2. The van der Waals surface area contributed by atoms with Crippen molar-refractivity contribution in [1.82, 2.24) is 20.3 Å². The van der Waals surface area contributed by atoms with Gasteiger partial charge in [0.25, 0.3) is 5.91 Å². The molecule has 0 fully saturated rings. The van der Waals surface area contributed by atoms with Gasteiger partial charge in [0.1, 0.15) is 11.4 Å². The fourth-order valence-corrected chi connectivity index (χ4v) is 3.33. The Labute approximate surface area is 168 Å². The van der Waals surface area contributed by atoms with E-state index < -0.39 is 0 Å². The Morgan fingerprint density at radius 3 is 2.59 bits per heavy atom. The molecule has 1 amide bonds. The number of aromatic nitrogens is 3. The smallest absolute Gasteiger partial charge is 0.270 e. The van der Waals surface area contributed by atoms with Crippen molar-refractivity contribution in [3.63, 3.8) is 0 Å². The second-order valence-corrected chi connectivity index (χ2v) is 6.62. The molecule has 0 saturated carbocycles. The molecule has 3 aromatic heterocycles. The van der Waals surface area contributed by atoms with Gasteiger partial charge in [-0.3, -0.25) is 14.8 Å². The van der Waals surface area contributed by atoms with E-state index in [9.17, 15) is 4.79 Å². The number of ether oxygens (including phenoxy) is 1. The molecule has 0 aliphatic rings. The lowest BCUT2D eigenvalue weighted by Crippen LogP contribution is -2.27. The third-order valence-corrected chi connectivity index (χ3v) is 4.79. The van der Waals surface area contributed by atoms with Crippen molar-refractivity contribution in [2.24, 2.45) is 0 Å². The zero-order valence-corrected chi connectivity index (χ0v) is 16.2. The third-order valence-electron chi connectivity index (χ3n) is 4.79. The van der Waals surface area contributed by atoms with Crippen LogP contribution in [0.5, 0.6) is 5.75 Å². The molecule has 0 aliphatic heterocycles. The maximum atomic E-state index is 13.0. The summed E-state index contributed by atoms with van der Waals surface area (Å²) < 4.78 is 5.41. The number of hydrogen-bond donors (Lipinski definition) is 1. The van der Waals surface area contributed by atoms with Gasteiger partial charge in [0, 0.05) is 35.7 Å². The fraction of sp³-hybridized carbons (Fsp3) is 0.130. The first-order valence-electron chi connectivity index (χ1n) is 9.26. The van der Waals surface area contributed by atoms with E-state index in [0.717, 1.165) is 27.8 Å². The maximum absolute atomic E-state index is 13.0. The van der Waals surface area contributed by atoms with E-state index in [1.807, 2.05) is 43.3 Å². The van der Waals surface area contributed by atoms with Crippen LogP contribution in [0.25, 0.3) is 22.0 Å². The highest BCUT2D eigenvalue weighted by Gasteiger charge is 2.18. The average Bonchev–Trinajstić information content (AvgIpc) is 2.78. The van der Waals surface area contributed by atoms with Crippen molar-refractivity contribution in [3.8, 4) is 16.9 Å². The van der Waals surface area contributed by atoms with E-state index in [-0.39, 0.29) is 11.9 Å². The molecule has 144 valence electrons. The van der Waals surface area contributed by atoms with Crippen molar-refractivity contribution in [3.05, 3.63) is 84.6 Å². The number of para-hydroxylation sites is 1. The van der Waals surface area contributed by atoms with E-state index in [1.165, 1.54) is 0 Å². The van der Waals surface area contributed by atoms with Crippen LogP contribution in [0.2, 0.25) is 0 Å². The molecule has 0 aliphatic carbocycles. The maximum Gasteiger partial charge on any atom is 0.270 e. The third kappa shape index (κ3) is 3.78. The predicted molar refractivity (Wildman–Crippen MR) is 112 cm³/mol. The summed E-state index contributed by atoms with van der Waals surface area (Å²) in [6, 6.07) is 14.8. The molecule has 6 nitrogen and oxygen atoms in total. The molecule has 0 spiro atoms. The van der Waals surface area contributed by atoms with Crippen LogP contribution in [0.4, 0.5) is 0 Å². The summed E-state index contributed by atoms with van der Waals surface area (Å²) in [6.45, 7) is 1.92. The van der Waals surface area contributed by atoms with E-state index in [4.69, 9.17) is 4.74 Å². The number of carbonyl (C=O) groups is 1. The topological polar surface area (TPSA) is 77.0 Å². The van der Waals surface area contributed by atoms with E-state index >= 15 is 0 Å². The molecule has 0 bridgehead atoms. The highest BCUT2D eigenvalue weighted by molar-refractivity contribution is 6.01. The number of rotatable bonds is 5. The monoisotopic (exact) mass is 384 g/mol. The zero-order valence-electron chi connectivity index (χ0n) is 16.2. The normalized spacial score (nSPS) is 11.8. The van der Waals surface area contributed by atoms with Gasteiger partial charge < -0.3 is 10.1 Å². The minimum absolute atomic E-state index is 0.238. The van der Waals surface area contributed by atoms with Crippen LogP contribution in [0.3, 0.4) is 0 Å². The van der Waals surface area contributed by atoms with Gasteiger partial charge in [-0.2, -0.15) is 0 Å². The first-order valence-corrected chi connectivity index (χ1v) is 9.26. The molecule has 29 heavy (non-hydrogen) atoms. The summed E-state index contributed by atoms with van der Waals surface area (Å²) >= 11 is 0. The van der Waals surface area contributed by atoms with Crippen LogP contribution in [0.15, 0.2) is 73.3 Å². The summed E-state index contributed by atoms with van der Waals surface area (Å²) in [7, 11) is 1.62. The van der Waals surface area contributed by atoms with Crippen molar-refractivity contribution in [2.75, 3.05) is 7.11 Å². The van der Waals surface area contributed by atoms with Crippen molar-refractivity contribution in [2.45, 2.75) is 13.0 Å². The fourth-order valence-electron chi connectivity index (χ4n) is 3.33. The Hall–Kier alpha value is -3.80. The number of pyridine rings is 3. The molecule has 1 atom stereocenters. The number of hydrogen-bond acceptors (Lipinski definition) is 5. The summed E-state index contributed by atoms with van der Waals surface area (Å²) in [4.78, 5) is 25.9. The van der Waals surface area contributed by atoms with Crippen molar-refractivity contribution >= 4 is 16.8 Å². The number of fused-ring (bicyclic) bond motifs is 1. The molecule has 1 N–H and O–H groups in total. The van der Waals surface area contributed by atoms with Gasteiger partial charge in [0.2, 0.25) is 0 Å². The van der Waals surface area contributed by atoms with Crippen LogP contribution in [-0.2, 0) is 0 Å². The van der Waals surface area contributed by atoms with E-state index in [1.54, 1.807) is 44.0 Å². The van der Waals surface area contributed by atoms with Crippen LogP contribution in [-0.4, -0.2) is 28.0 Å². The Morgan fingerprint density at radius 2 is 1.79 bits per heavy atom. The van der Waals surface area contributed by atoms with Gasteiger partial charge in [-0.1, -0.05) is 18.2 Å². The molecular weight excluding hydrogens is 364 g/mol. The second-order valence-electron chi connectivity index (χ2n) is 6.62. The quantitative estimate of drug-likeness (QED) is 0.558. The molecule has 0 radical (unpaired) electrons. The van der Waals surface area contributed by atoms with Gasteiger partial charge in [0.15, 0.2) is 0 Å². The number of methoxy groups -OCH3 is 1. The molecule has 1 aromatic carbocycles. The lowest BCUT2D eigenvalue weighted by atomic mass is 10.0. The van der Waals surface area contributed by atoms with E-state index in [0.29, 0.717) is 11.2 Å². The van der Waals surface area contributed by atoms with Gasteiger partial charge >= 0.3 is 0 Å². The summed E-state index contributed by atoms with van der Waals surface area (Å²) in [5.41, 5.74) is 3.80. The number of nitrogens with one attached hydrogen (secondary N) is 1. The van der Waals surface area contributed by atoms with Gasteiger partial charge in [-0.25, -0.2) is 4.98 Å². The summed E-state index contributed by atoms with van der Waals surface area (Å²) in [5, 5.41) is 3.90. The number of amides is 1. The Morgan fingerprint density at radius 1 is 1.03 bits per heavy atom. The van der Waals surface area contributed by atoms with Crippen molar-refractivity contribution in [1.29, 1.82) is 0 Å². The Kier molecular flexibility index (Phi) is 5.16. The van der Waals surface area contributed by atoms with Gasteiger partial charge in [-0.15, -0.1) is 0 Å². The molecule has 0 unspecified atom stereocenters. The van der Waals surface area contributed by atoms with Crippen LogP contribution < -0.4 is 10.1 Å². The van der Waals surface area contributed by atoms with Crippen LogP contribution >= 0.6 is 0 Å². The average molecular weight is 384 g/mol. The highest BCUT2D eigenvalue weighted by Crippen LogP contribution is 2.28. The summed E-state index contributed by atoms with van der Waals surface area (Å²) in [6.07, 6.45) is 6.88. The minimum Gasteiger partial charge on any atom is -0.496 e. The second kappa shape index (κ2) is 8.06. The van der Waals surface area contributed by atoms with Crippen LogP contribution in [0, 0.1) is 0 Å². The minimum atomic E-state index is -0.252. The molecular formula is C23H20N4O2. The van der Waals surface area contributed by atoms with Gasteiger partial charge in [0.05, 0.1) is 18.7 Å². The molecule has 4 rings (SSSR count). The van der Waals surface area contributed by atoms with Crippen LogP contribution in [0.1, 0.15) is 29.0 Å². The largest absolute Gasteiger partial charge is 0.496 e. The Balaban J connectivity index is 1.71. The van der Waals surface area contributed by atoms with E-state index in [2.05, 4.69) is 20.3 Å². The number of carbonyl (C=O) groups excluding carboxylic acids is 1. The molecule has 0 saturated heterocycles. The molecule has 3 heterocycles. The predicted octanol–water partition coefficient (Wildman–Crippen LogP) is 4.19. The standard InChI is InChI=1S/C23H20N4O2/c1-15(17-5-3-4-6-22(17)29-2)26-23(28)21-13-18(16-7-10-24-11-8-16)19-14-25-12-9-20(19)27-21/h3-15H,1-2H3,(H,26,28)/t15-/m0/s1. The lowest BCUT2D eigenvalue weighted by molar-refractivity contribution is 0.0935. The van der Waals surface area contributed by atoms with Gasteiger partial charge in [-0.05, 0) is 48.4 Å². The lowest BCUT2D eigenvalue weighted by Gasteiger charge is -2.17. The first kappa shape index (κ1) is 18.6. The SMILES string of the molecule is COc1ccccc1[C@H](C)NC(=O)c1cc(-c2ccncc2)c2cnccc2n1. The number of nitrogens with zero attached hydrogens (tertiary/aromatic N) is 3. The summed E-state index contributed by atoms with van der Waals surface area (Å²) in [5.74, 6) is 0.479. The van der Waals surface area contributed by atoms with Crippen molar-refractivity contribution < 1.29 is 9.53 Å². The molecule has 4 aromatic rings. The first-order chi connectivity index (χ1) is 14.2.